The molecule has 1 unspecified atom stereocenters. The van der Waals surface area contributed by atoms with E-state index in [0.717, 1.165) is 6.54 Å². The van der Waals surface area contributed by atoms with E-state index in [9.17, 15) is 0 Å². The van der Waals surface area contributed by atoms with E-state index in [4.69, 9.17) is 0 Å². The normalized spacial score (nSPS) is 23.5. The van der Waals surface area contributed by atoms with Gasteiger partial charge in [0.05, 0.1) is 0 Å². The lowest BCUT2D eigenvalue weighted by Gasteiger charge is -2.27. The Labute approximate surface area is 129 Å². The number of likely N-dealkylation sites (tertiary alicyclic amines) is 1. The Kier molecular flexibility index (Phi) is 5.70. The summed E-state index contributed by atoms with van der Waals surface area (Å²) in [7, 11) is 0. The summed E-state index contributed by atoms with van der Waals surface area (Å²) in [5.41, 5.74) is 3.14. The molecular formula is C19H30N2. The average molecular weight is 286 g/mol. The molecule has 1 aromatic carbocycles. The van der Waals surface area contributed by atoms with Crippen LogP contribution in [0.1, 0.15) is 62.1 Å². The highest BCUT2D eigenvalue weighted by molar-refractivity contribution is 5.31. The minimum atomic E-state index is 0.588. The van der Waals surface area contributed by atoms with Crippen molar-refractivity contribution < 1.29 is 0 Å². The summed E-state index contributed by atoms with van der Waals surface area (Å²) in [6.07, 6.45) is 10.8. The van der Waals surface area contributed by atoms with Gasteiger partial charge in [0.1, 0.15) is 0 Å². The van der Waals surface area contributed by atoms with Crippen molar-refractivity contribution in [3.05, 3.63) is 35.4 Å². The molecule has 116 valence electrons. The predicted octanol–water partition coefficient (Wildman–Crippen LogP) is 3.92. The lowest BCUT2D eigenvalue weighted by molar-refractivity contribution is 0.224. The molecule has 1 aliphatic carbocycles. The van der Waals surface area contributed by atoms with Gasteiger partial charge in [0, 0.05) is 6.04 Å². The van der Waals surface area contributed by atoms with Crippen molar-refractivity contribution in [2.45, 2.75) is 57.4 Å². The van der Waals surface area contributed by atoms with E-state index >= 15 is 0 Å². The maximum absolute atomic E-state index is 3.83. The second-order valence-corrected chi connectivity index (χ2v) is 6.71. The van der Waals surface area contributed by atoms with Crippen LogP contribution in [-0.2, 0) is 6.42 Å². The van der Waals surface area contributed by atoms with Crippen molar-refractivity contribution in [3.63, 3.8) is 0 Å². The molecule has 3 rings (SSSR count). The van der Waals surface area contributed by atoms with Crippen LogP contribution >= 0.6 is 0 Å². The van der Waals surface area contributed by atoms with Gasteiger partial charge in [-0.2, -0.15) is 0 Å². The number of piperidine rings is 1. The zero-order valence-corrected chi connectivity index (χ0v) is 13.3. The number of aryl methyl sites for hydroxylation is 1. The van der Waals surface area contributed by atoms with Crippen molar-refractivity contribution in [3.8, 4) is 0 Å². The molecular weight excluding hydrogens is 256 g/mol. The SMILES string of the molecule is c1ccc2c(c1)CCCCC2NCCCN1CCCCC1. The second kappa shape index (κ2) is 7.95. The first kappa shape index (κ1) is 15.1. The van der Waals surface area contributed by atoms with Crippen LogP contribution in [-0.4, -0.2) is 31.1 Å². The standard InChI is InChI=1S/C19H30N2/c1-6-14-21(15-7-1)16-8-13-20-19-12-5-3-10-17-9-2-4-11-18(17)19/h2,4,9,11,19-20H,1,3,5-8,10,12-16H2. The Hall–Kier alpha value is -0.860. The van der Waals surface area contributed by atoms with Crippen LogP contribution in [0.3, 0.4) is 0 Å². The molecule has 0 bridgehead atoms. The zero-order valence-electron chi connectivity index (χ0n) is 13.3. The molecule has 0 radical (unpaired) electrons. The molecule has 2 heteroatoms. The Morgan fingerprint density at radius 2 is 1.86 bits per heavy atom. The Balaban J connectivity index is 1.46. The minimum absolute atomic E-state index is 0.588. The number of fused-ring (bicyclic) bond motifs is 1. The molecule has 1 fully saturated rings. The topological polar surface area (TPSA) is 15.3 Å². The number of hydrogen-bond acceptors (Lipinski definition) is 2. The molecule has 1 N–H and O–H groups in total. The van der Waals surface area contributed by atoms with Crippen LogP contribution in [0.15, 0.2) is 24.3 Å². The van der Waals surface area contributed by atoms with E-state index in [1.165, 1.54) is 71.0 Å². The second-order valence-electron chi connectivity index (χ2n) is 6.71. The van der Waals surface area contributed by atoms with Gasteiger partial charge in [-0.05, 0) is 75.8 Å². The van der Waals surface area contributed by atoms with Crippen molar-refractivity contribution >= 4 is 0 Å². The van der Waals surface area contributed by atoms with Crippen LogP contribution in [0.2, 0.25) is 0 Å². The van der Waals surface area contributed by atoms with Crippen molar-refractivity contribution in [2.75, 3.05) is 26.2 Å². The maximum Gasteiger partial charge on any atom is 0.0322 e. The molecule has 0 spiro atoms. The summed E-state index contributed by atoms with van der Waals surface area (Å²) in [4.78, 5) is 2.65. The molecule has 21 heavy (non-hydrogen) atoms. The fourth-order valence-corrected chi connectivity index (χ4v) is 3.90. The first-order valence-electron chi connectivity index (χ1n) is 8.97. The first-order chi connectivity index (χ1) is 10.4. The van der Waals surface area contributed by atoms with Crippen LogP contribution < -0.4 is 5.32 Å². The molecule has 1 atom stereocenters. The molecule has 1 saturated heterocycles. The van der Waals surface area contributed by atoms with Crippen LogP contribution in [0.5, 0.6) is 0 Å². The van der Waals surface area contributed by atoms with Gasteiger partial charge < -0.3 is 10.2 Å². The molecule has 1 aliphatic heterocycles. The smallest absolute Gasteiger partial charge is 0.0322 e. The number of nitrogens with zero attached hydrogens (tertiary/aromatic N) is 1. The van der Waals surface area contributed by atoms with Gasteiger partial charge >= 0.3 is 0 Å². The van der Waals surface area contributed by atoms with E-state index < -0.39 is 0 Å². The van der Waals surface area contributed by atoms with E-state index in [-0.39, 0.29) is 0 Å². The zero-order chi connectivity index (χ0) is 14.3. The molecule has 1 aromatic rings. The molecule has 2 aliphatic rings. The van der Waals surface area contributed by atoms with Crippen molar-refractivity contribution in [2.24, 2.45) is 0 Å². The summed E-state index contributed by atoms with van der Waals surface area (Å²) in [5, 5.41) is 3.83. The Bertz CT molecular complexity index is 423. The third-order valence-corrected chi connectivity index (χ3v) is 5.11. The van der Waals surface area contributed by atoms with Gasteiger partial charge in [-0.1, -0.05) is 37.1 Å². The summed E-state index contributed by atoms with van der Waals surface area (Å²) in [6, 6.07) is 9.64. The molecule has 1 heterocycles. The molecule has 0 amide bonds. The largest absolute Gasteiger partial charge is 0.310 e. The maximum atomic E-state index is 3.83. The highest BCUT2D eigenvalue weighted by atomic mass is 15.1. The van der Waals surface area contributed by atoms with Gasteiger partial charge in [-0.25, -0.2) is 0 Å². The third-order valence-electron chi connectivity index (χ3n) is 5.11. The van der Waals surface area contributed by atoms with Gasteiger partial charge in [-0.15, -0.1) is 0 Å². The summed E-state index contributed by atoms with van der Waals surface area (Å²) in [5.74, 6) is 0. The van der Waals surface area contributed by atoms with Crippen molar-refractivity contribution in [1.29, 1.82) is 0 Å². The third kappa shape index (κ3) is 4.31. The van der Waals surface area contributed by atoms with Crippen LogP contribution in [0.25, 0.3) is 0 Å². The number of hydrogen-bond donors (Lipinski definition) is 1. The highest BCUT2D eigenvalue weighted by Gasteiger charge is 2.17. The van der Waals surface area contributed by atoms with E-state index in [1.807, 2.05) is 0 Å². The van der Waals surface area contributed by atoms with Crippen LogP contribution in [0.4, 0.5) is 0 Å². The fourth-order valence-electron chi connectivity index (χ4n) is 3.90. The highest BCUT2D eigenvalue weighted by Crippen LogP contribution is 2.28. The van der Waals surface area contributed by atoms with E-state index in [0.29, 0.717) is 6.04 Å². The molecule has 0 saturated carbocycles. The van der Waals surface area contributed by atoms with E-state index in [1.54, 1.807) is 11.1 Å². The monoisotopic (exact) mass is 286 g/mol. The molecule has 0 aromatic heterocycles. The van der Waals surface area contributed by atoms with Gasteiger partial charge in [-0.3, -0.25) is 0 Å². The molecule has 2 nitrogen and oxygen atoms in total. The van der Waals surface area contributed by atoms with E-state index in [2.05, 4.69) is 34.5 Å². The minimum Gasteiger partial charge on any atom is -0.310 e. The quantitative estimate of drug-likeness (QED) is 0.652. The summed E-state index contributed by atoms with van der Waals surface area (Å²) >= 11 is 0. The summed E-state index contributed by atoms with van der Waals surface area (Å²) in [6.45, 7) is 5.09. The predicted molar refractivity (Wildman–Crippen MR) is 89.6 cm³/mol. The van der Waals surface area contributed by atoms with Gasteiger partial charge in [0.2, 0.25) is 0 Å². The number of nitrogens with one attached hydrogen (secondary N) is 1. The summed E-state index contributed by atoms with van der Waals surface area (Å²) < 4.78 is 0. The number of benzene rings is 1. The Morgan fingerprint density at radius 3 is 2.76 bits per heavy atom. The van der Waals surface area contributed by atoms with Crippen LogP contribution in [0, 0.1) is 0 Å². The lowest BCUT2D eigenvalue weighted by Crippen LogP contribution is -2.32. The van der Waals surface area contributed by atoms with Gasteiger partial charge in [0.15, 0.2) is 0 Å². The lowest BCUT2D eigenvalue weighted by atomic mass is 9.99. The van der Waals surface area contributed by atoms with Crippen molar-refractivity contribution in [1.82, 2.24) is 10.2 Å². The Morgan fingerprint density at radius 1 is 1.00 bits per heavy atom. The average Bonchev–Trinajstić information content (AvgIpc) is 2.75. The van der Waals surface area contributed by atoms with Gasteiger partial charge in [0.25, 0.3) is 0 Å². The first-order valence-corrected chi connectivity index (χ1v) is 8.97. The number of rotatable bonds is 5. The fraction of sp³-hybridized carbons (Fsp3) is 0.684.